The molecule has 2 aliphatic rings. The van der Waals surface area contributed by atoms with Gasteiger partial charge in [0.25, 0.3) is 0 Å². The lowest BCUT2D eigenvalue weighted by atomic mass is 9.64. The molecule has 124 valence electrons. The smallest absolute Gasteiger partial charge is 0.414 e. The number of carboxylic acid groups (broad SMARTS) is 1. The number of fused-ring (bicyclic) bond motifs is 1. The second kappa shape index (κ2) is 5.25. The Bertz CT molecular complexity index is 655. The Balaban J connectivity index is 1.86. The van der Waals surface area contributed by atoms with Crippen LogP contribution in [0.25, 0.3) is 0 Å². The summed E-state index contributed by atoms with van der Waals surface area (Å²) in [6.07, 6.45) is 2.72. The van der Waals surface area contributed by atoms with Crippen molar-refractivity contribution in [3.63, 3.8) is 0 Å². The van der Waals surface area contributed by atoms with Crippen LogP contribution in [0.5, 0.6) is 0 Å². The van der Waals surface area contributed by atoms with Crippen molar-refractivity contribution in [1.82, 2.24) is 0 Å². The first-order valence-corrected chi connectivity index (χ1v) is 8.10. The molecule has 0 aromatic heterocycles. The van der Waals surface area contributed by atoms with Gasteiger partial charge in [0.15, 0.2) is 0 Å². The molecule has 0 spiro atoms. The van der Waals surface area contributed by atoms with Gasteiger partial charge in [-0.25, -0.2) is 4.79 Å². The van der Waals surface area contributed by atoms with Crippen LogP contribution in [0.2, 0.25) is 0 Å². The third kappa shape index (κ3) is 2.69. The summed E-state index contributed by atoms with van der Waals surface area (Å²) in [5.41, 5.74) is 1.47. The first-order chi connectivity index (χ1) is 10.7. The van der Waals surface area contributed by atoms with E-state index in [-0.39, 0.29) is 6.09 Å². The average Bonchev–Trinajstić information content (AvgIpc) is 2.77. The van der Waals surface area contributed by atoms with E-state index >= 15 is 0 Å². The summed E-state index contributed by atoms with van der Waals surface area (Å²) in [6.45, 7) is 6.11. The van der Waals surface area contributed by atoms with Crippen LogP contribution < -0.4 is 4.90 Å². The third-order valence-corrected chi connectivity index (χ3v) is 4.76. The van der Waals surface area contributed by atoms with Crippen molar-refractivity contribution in [3.05, 3.63) is 29.3 Å². The fourth-order valence-electron chi connectivity index (χ4n) is 3.36. The molecule has 0 atom stereocenters. The molecule has 5 heteroatoms. The first kappa shape index (κ1) is 15.8. The molecular weight excluding hydrogens is 294 g/mol. The summed E-state index contributed by atoms with van der Waals surface area (Å²) in [5.74, 6) is -0.745. The van der Waals surface area contributed by atoms with Crippen LogP contribution in [-0.4, -0.2) is 29.3 Å². The Morgan fingerprint density at radius 2 is 1.96 bits per heavy atom. The van der Waals surface area contributed by atoms with Gasteiger partial charge in [0.2, 0.25) is 0 Å². The van der Waals surface area contributed by atoms with Gasteiger partial charge in [-0.2, -0.15) is 0 Å². The zero-order valence-electron chi connectivity index (χ0n) is 13.9. The molecule has 1 fully saturated rings. The molecule has 1 aromatic rings. The van der Waals surface area contributed by atoms with E-state index in [1.54, 1.807) is 4.90 Å². The van der Waals surface area contributed by atoms with Crippen LogP contribution in [0, 0.1) is 0 Å². The minimum absolute atomic E-state index is 0.347. The van der Waals surface area contributed by atoms with Gasteiger partial charge >= 0.3 is 12.1 Å². The Labute approximate surface area is 136 Å². The van der Waals surface area contributed by atoms with E-state index in [0.29, 0.717) is 19.4 Å². The summed E-state index contributed by atoms with van der Waals surface area (Å²) in [7, 11) is 0. The lowest BCUT2D eigenvalue weighted by Crippen LogP contribution is -2.42. The second-order valence-corrected chi connectivity index (χ2v) is 7.47. The highest BCUT2D eigenvalue weighted by Gasteiger charge is 2.46. The summed E-state index contributed by atoms with van der Waals surface area (Å²) < 4.78 is 5.44. The highest BCUT2D eigenvalue weighted by Crippen LogP contribution is 2.45. The largest absolute Gasteiger partial charge is 0.481 e. The maximum absolute atomic E-state index is 12.3. The van der Waals surface area contributed by atoms with Gasteiger partial charge < -0.3 is 9.84 Å². The molecule has 0 bridgehead atoms. The summed E-state index contributed by atoms with van der Waals surface area (Å²) in [5, 5.41) is 9.57. The third-order valence-electron chi connectivity index (χ3n) is 4.76. The number of ether oxygens (including phenoxy) is 1. The van der Waals surface area contributed by atoms with Crippen molar-refractivity contribution in [2.75, 3.05) is 11.4 Å². The van der Waals surface area contributed by atoms with Gasteiger partial charge in [0.1, 0.15) is 5.60 Å². The van der Waals surface area contributed by atoms with Crippen molar-refractivity contribution in [1.29, 1.82) is 0 Å². The summed E-state index contributed by atoms with van der Waals surface area (Å²) in [4.78, 5) is 25.6. The lowest BCUT2D eigenvalue weighted by Gasteiger charge is -2.38. The molecule has 0 radical (unpaired) electrons. The van der Waals surface area contributed by atoms with Gasteiger partial charge in [-0.15, -0.1) is 0 Å². The maximum atomic E-state index is 12.3. The molecular formula is C18H23NO4. The zero-order valence-corrected chi connectivity index (χ0v) is 13.9. The van der Waals surface area contributed by atoms with Crippen LogP contribution in [0.1, 0.15) is 51.2 Å². The number of carbonyl (C=O) groups excluding carboxylic acids is 1. The van der Waals surface area contributed by atoms with E-state index in [1.165, 1.54) is 0 Å². The van der Waals surface area contributed by atoms with Gasteiger partial charge in [-0.3, -0.25) is 9.69 Å². The summed E-state index contributed by atoms with van der Waals surface area (Å²) in [6, 6.07) is 5.69. The molecule has 1 heterocycles. The lowest BCUT2D eigenvalue weighted by molar-refractivity contribution is -0.147. The van der Waals surface area contributed by atoms with E-state index in [4.69, 9.17) is 4.74 Å². The molecule has 1 aliphatic carbocycles. The summed E-state index contributed by atoms with van der Waals surface area (Å²) >= 11 is 0. The second-order valence-electron chi connectivity index (χ2n) is 7.47. The highest BCUT2D eigenvalue weighted by atomic mass is 16.6. The molecule has 5 nitrogen and oxygen atoms in total. The molecule has 1 aromatic carbocycles. The van der Waals surface area contributed by atoms with Crippen molar-refractivity contribution < 1.29 is 19.4 Å². The average molecular weight is 317 g/mol. The number of carboxylic acids is 1. The Morgan fingerprint density at radius 1 is 1.26 bits per heavy atom. The van der Waals surface area contributed by atoms with Crippen LogP contribution >= 0.6 is 0 Å². The standard InChI is InChI=1S/C18H23NO4/c1-17(2,3)23-16(22)19-10-7-12-11-13(5-6-14(12)19)18(15(20)21)8-4-9-18/h5-6,11H,4,7-10H2,1-3H3,(H,20,21). The Morgan fingerprint density at radius 3 is 2.48 bits per heavy atom. The molecule has 3 rings (SSSR count). The minimum atomic E-state index is -0.745. The molecule has 1 aliphatic heterocycles. The van der Waals surface area contributed by atoms with Gasteiger partial charge in [-0.1, -0.05) is 18.6 Å². The quantitative estimate of drug-likeness (QED) is 0.906. The topological polar surface area (TPSA) is 66.8 Å². The SMILES string of the molecule is CC(C)(C)OC(=O)N1CCc2cc(C3(C(=O)O)CCC3)ccc21. The van der Waals surface area contributed by atoms with Crippen LogP contribution in [0.15, 0.2) is 18.2 Å². The molecule has 0 saturated heterocycles. The number of hydrogen-bond donors (Lipinski definition) is 1. The van der Waals surface area contributed by atoms with E-state index in [1.807, 2.05) is 39.0 Å². The number of hydrogen-bond acceptors (Lipinski definition) is 3. The molecule has 23 heavy (non-hydrogen) atoms. The van der Waals surface area contributed by atoms with Crippen molar-refractivity contribution in [2.24, 2.45) is 0 Å². The maximum Gasteiger partial charge on any atom is 0.414 e. The van der Waals surface area contributed by atoms with Crippen LogP contribution in [0.4, 0.5) is 10.5 Å². The van der Waals surface area contributed by atoms with Gasteiger partial charge in [0.05, 0.1) is 11.1 Å². The number of carbonyl (C=O) groups is 2. The number of anilines is 1. The molecule has 0 unspecified atom stereocenters. The van der Waals surface area contributed by atoms with Crippen LogP contribution in [-0.2, 0) is 21.4 Å². The molecule has 1 amide bonds. The predicted octanol–water partition coefficient (Wildman–Crippen LogP) is 3.49. The van der Waals surface area contributed by atoms with Crippen LogP contribution in [0.3, 0.4) is 0 Å². The number of aliphatic carboxylic acids is 1. The minimum Gasteiger partial charge on any atom is -0.481 e. The monoisotopic (exact) mass is 317 g/mol. The number of rotatable bonds is 2. The number of amides is 1. The number of nitrogens with zero attached hydrogens (tertiary/aromatic N) is 1. The van der Waals surface area contributed by atoms with Crippen molar-refractivity contribution in [3.8, 4) is 0 Å². The Kier molecular flexibility index (Phi) is 3.62. The van der Waals surface area contributed by atoms with E-state index in [0.717, 1.165) is 29.7 Å². The Hall–Kier alpha value is -2.04. The zero-order chi connectivity index (χ0) is 16.8. The molecule has 1 N–H and O–H groups in total. The van der Waals surface area contributed by atoms with Crippen molar-refractivity contribution >= 4 is 17.7 Å². The predicted molar refractivity (Wildman–Crippen MR) is 86.9 cm³/mol. The van der Waals surface area contributed by atoms with Gasteiger partial charge in [0, 0.05) is 6.54 Å². The first-order valence-electron chi connectivity index (χ1n) is 8.10. The van der Waals surface area contributed by atoms with Crippen molar-refractivity contribution in [2.45, 2.75) is 57.5 Å². The van der Waals surface area contributed by atoms with E-state index < -0.39 is 17.0 Å². The molecule has 1 saturated carbocycles. The fraction of sp³-hybridized carbons (Fsp3) is 0.556. The van der Waals surface area contributed by atoms with E-state index in [9.17, 15) is 14.7 Å². The number of benzene rings is 1. The highest BCUT2D eigenvalue weighted by molar-refractivity contribution is 5.91. The fourth-order valence-corrected chi connectivity index (χ4v) is 3.36. The van der Waals surface area contributed by atoms with Gasteiger partial charge in [-0.05, 0) is 57.2 Å². The normalized spacial score (nSPS) is 19.0. The van der Waals surface area contributed by atoms with E-state index in [2.05, 4.69) is 0 Å².